The molecule has 0 aliphatic carbocycles. The van der Waals surface area contributed by atoms with Crippen molar-refractivity contribution in [3.05, 3.63) is 53.9 Å². The van der Waals surface area contributed by atoms with Gasteiger partial charge in [-0.1, -0.05) is 12.1 Å². The van der Waals surface area contributed by atoms with Crippen molar-refractivity contribution in [1.82, 2.24) is 20.2 Å². The average molecular weight is 397 g/mol. The molecular formula is C21H24FN5O2. The summed E-state index contributed by atoms with van der Waals surface area (Å²) in [5.41, 5.74) is 2.91. The Labute approximate surface area is 168 Å². The standard InChI is InChI=1S/C21H24FN5O2/c1-13-12-26(18-7-8-23-11-17(18)22)9-10-27(13)21(28)24-14(2)16-5-4-6-19-20(16)25-15(3)29-19/h4-8,11,13-14H,9-10,12H2,1-3H3,(H,24,28)/t13-,14+/m1/s1. The second kappa shape index (κ2) is 7.69. The van der Waals surface area contributed by atoms with E-state index in [-0.39, 0.29) is 23.9 Å². The molecule has 1 N–H and O–H groups in total. The van der Waals surface area contributed by atoms with Gasteiger partial charge >= 0.3 is 6.03 Å². The van der Waals surface area contributed by atoms with Crippen LogP contribution in [0.5, 0.6) is 0 Å². The molecule has 3 heterocycles. The molecule has 7 nitrogen and oxygen atoms in total. The number of nitrogens with zero attached hydrogens (tertiary/aromatic N) is 4. The first-order valence-corrected chi connectivity index (χ1v) is 9.71. The molecule has 0 unspecified atom stereocenters. The van der Waals surface area contributed by atoms with Crippen LogP contribution in [0.4, 0.5) is 14.9 Å². The molecule has 2 aromatic heterocycles. The van der Waals surface area contributed by atoms with E-state index >= 15 is 0 Å². The Hall–Kier alpha value is -3.16. The van der Waals surface area contributed by atoms with Gasteiger partial charge in [0.2, 0.25) is 0 Å². The number of pyridine rings is 1. The number of piperazine rings is 1. The van der Waals surface area contributed by atoms with E-state index in [0.717, 1.165) is 11.1 Å². The molecule has 3 aromatic rings. The fraction of sp³-hybridized carbons (Fsp3) is 0.381. The van der Waals surface area contributed by atoms with Gasteiger partial charge in [0.25, 0.3) is 0 Å². The van der Waals surface area contributed by atoms with E-state index in [1.54, 1.807) is 24.1 Å². The summed E-state index contributed by atoms with van der Waals surface area (Å²) in [5, 5.41) is 3.07. The second-order valence-corrected chi connectivity index (χ2v) is 7.41. The fourth-order valence-corrected chi connectivity index (χ4v) is 3.88. The number of anilines is 1. The molecule has 1 fully saturated rings. The topological polar surface area (TPSA) is 74.5 Å². The summed E-state index contributed by atoms with van der Waals surface area (Å²) in [6.07, 6.45) is 2.79. The minimum atomic E-state index is -0.345. The van der Waals surface area contributed by atoms with Gasteiger partial charge in [0.05, 0.1) is 17.9 Å². The zero-order valence-electron chi connectivity index (χ0n) is 16.7. The lowest BCUT2D eigenvalue weighted by atomic mass is 10.1. The van der Waals surface area contributed by atoms with Crippen LogP contribution in [0.25, 0.3) is 11.1 Å². The van der Waals surface area contributed by atoms with Gasteiger partial charge in [-0.2, -0.15) is 0 Å². The van der Waals surface area contributed by atoms with E-state index in [2.05, 4.69) is 15.3 Å². The Kier molecular flexibility index (Phi) is 5.08. The molecule has 0 saturated carbocycles. The third kappa shape index (κ3) is 3.74. The van der Waals surface area contributed by atoms with E-state index in [9.17, 15) is 9.18 Å². The van der Waals surface area contributed by atoms with E-state index < -0.39 is 0 Å². The number of aryl methyl sites for hydroxylation is 1. The van der Waals surface area contributed by atoms with Gasteiger partial charge in [-0.3, -0.25) is 4.98 Å². The average Bonchev–Trinajstić information content (AvgIpc) is 3.08. The highest BCUT2D eigenvalue weighted by Crippen LogP contribution is 2.25. The molecule has 0 bridgehead atoms. The third-order valence-corrected chi connectivity index (χ3v) is 5.34. The number of aromatic nitrogens is 2. The normalized spacial score (nSPS) is 18.1. The molecule has 2 amide bonds. The van der Waals surface area contributed by atoms with Gasteiger partial charge in [-0.25, -0.2) is 14.2 Å². The van der Waals surface area contributed by atoms with Crippen LogP contribution in [-0.4, -0.2) is 46.6 Å². The maximum absolute atomic E-state index is 14.0. The monoisotopic (exact) mass is 397 g/mol. The summed E-state index contributed by atoms with van der Waals surface area (Å²) in [4.78, 5) is 24.9. The van der Waals surface area contributed by atoms with Gasteiger partial charge in [0.15, 0.2) is 17.3 Å². The van der Waals surface area contributed by atoms with Crippen LogP contribution >= 0.6 is 0 Å². The molecule has 1 aromatic carbocycles. The van der Waals surface area contributed by atoms with E-state index in [0.29, 0.717) is 36.8 Å². The van der Waals surface area contributed by atoms with Crippen LogP contribution in [0.15, 0.2) is 41.1 Å². The van der Waals surface area contributed by atoms with Gasteiger partial charge in [-0.05, 0) is 26.0 Å². The molecule has 4 rings (SSSR count). The minimum absolute atomic E-state index is 0.0615. The molecule has 1 aliphatic rings. The highest BCUT2D eigenvalue weighted by Gasteiger charge is 2.29. The van der Waals surface area contributed by atoms with E-state index in [4.69, 9.17) is 4.42 Å². The number of hydrogen-bond acceptors (Lipinski definition) is 5. The maximum Gasteiger partial charge on any atom is 0.318 e. The molecular weight excluding hydrogens is 373 g/mol. The van der Waals surface area contributed by atoms with Crippen LogP contribution in [0.3, 0.4) is 0 Å². The number of carbonyl (C=O) groups is 1. The number of amides is 2. The molecule has 0 radical (unpaired) electrons. The van der Waals surface area contributed by atoms with Gasteiger partial charge in [0, 0.05) is 44.4 Å². The van der Waals surface area contributed by atoms with Gasteiger partial charge in [0.1, 0.15) is 5.52 Å². The predicted molar refractivity (Wildman–Crippen MR) is 108 cm³/mol. The van der Waals surface area contributed by atoms with Gasteiger partial charge < -0.3 is 19.5 Å². The summed E-state index contributed by atoms with van der Waals surface area (Å²) < 4.78 is 19.6. The number of carbonyl (C=O) groups excluding carboxylic acids is 1. The first-order chi connectivity index (χ1) is 13.9. The van der Waals surface area contributed by atoms with Crippen molar-refractivity contribution in [3.8, 4) is 0 Å². The quantitative estimate of drug-likeness (QED) is 0.730. The Bertz CT molecular complexity index is 1040. The molecule has 1 aliphatic heterocycles. The van der Waals surface area contributed by atoms with Crippen LogP contribution in [0, 0.1) is 12.7 Å². The van der Waals surface area contributed by atoms with Crippen LogP contribution < -0.4 is 10.2 Å². The first-order valence-electron chi connectivity index (χ1n) is 9.71. The molecule has 29 heavy (non-hydrogen) atoms. The SMILES string of the molecule is Cc1nc2c([C@H](C)NC(=O)N3CCN(c4ccncc4F)C[C@H]3C)cccc2o1. The number of oxazole rings is 1. The highest BCUT2D eigenvalue weighted by molar-refractivity contribution is 5.80. The predicted octanol–water partition coefficient (Wildman–Crippen LogP) is 3.65. The number of fused-ring (bicyclic) bond motifs is 1. The fourth-order valence-electron chi connectivity index (χ4n) is 3.88. The van der Waals surface area contributed by atoms with Crippen molar-refractivity contribution in [1.29, 1.82) is 0 Å². The Morgan fingerprint density at radius 2 is 2.17 bits per heavy atom. The van der Waals surface area contributed by atoms with Crippen molar-refractivity contribution in [2.45, 2.75) is 32.9 Å². The number of hydrogen-bond donors (Lipinski definition) is 1. The highest BCUT2D eigenvalue weighted by atomic mass is 19.1. The number of nitrogens with one attached hydrogen (secondary N) is 1. The van der Waals surface area contributed by atoms with Crippen LogP contribution in [-0.2, 0) is 0 Å². The maximum atomic E-state index is 14.0. The Balaban J connectivity index is 1.44. The Morgan fingerprint density at radius 1 is 1.34 bits per heavy atom. The molecule has 152 valence electrons. The summed E-state index contributed by atoms with van der Waals surface area (Å²) >= 11 is 0. The van der Waals surface area contributed by atoms with E-state index in [1.165, 1.54) is 6.20 Å². The lowest BCUT2D eigenvalue weighted by molar-refractivity contribution is 0.168. The van der Waals surface area contributed by atoms with E-state index in [1.807, 2.05) is 36.9 Å². The number of para-hydroxylation sites is 1. The largest absolute Gasteiger partial charge is 0.441 e. The molecule has 8 heteroatoms. The number of halogens is 1. The summed E-state index contributed by atoms with van der Waals surface area (Å²) in [7, 11) is 0. The van der Waals surface area contributed by atoms with Crippen LogP contribution in [0.2, 0.25) is 0 Å². The summed E-state index contributed by atoms with van der Waals surface area (Å²) in [6, 6.07) is 6.95. The van der Waals surface area contributed by atoms with Crippen molar-refractivity contribution in [3.63, 3.8) is 0 Å². The number of rotatable bonds is 3. The third-order valence-electron chi connectivity index (χ3n) is 5.34. The molecule has 1 saturated heterocycles. The lowest BCUT2D eigenvalue weighted by Gasteiger charge is -2.41. The number of benzene rings is 1. The first kappa shape index (κ1) is 19.2. The minimum Gasteiger partial charge on any atom is -0.441 e. The van der Waals surface area contributed by atoms with Crippen molar-refractivity contribution in [2.75, 3.05) is 24.5 Å². The lowest BCUT2D eigenvalue weighted by Crippen LogP contribution is -2.57. The summed E-state index contributed by atoms with van der Waals surface area (Å²) in [6.45, 7) is 7.33. The van der Waals surface area contributed by atoms with Crippen LogP contribution in [0.1, 0.15) is 31.3 Å². The smallest absolute Gasteiger partial charge is 0.318 e. The second-order valence-electron chi connectivity index (χ2n) is 7.41. The Morgan fingerprint density at radius 3 is 2.93 bits per heavy atom. The van der Waals surface area contributed by atoms with Gasteiger partial charge in [-0.15, -0.1) is 0 Å². The molecule has 2 atom stereocenters. The molecule has 0 spiro atoms. The van der Waals surface area contributed by atoms with Crippen molar-refractivity contribution >= 4 is 22.8 Å². The summed E-state index contributed by atoms with van der Waals surface area (Å²) in [5.74, 6) is 0.251. The zero-order chi connectivity index (χ0) is 20.5. The van der Waals surface area contributed by atoms with Crippen molar-refractivity contribution < 1.29 is 13.6 Å². The van der Waals surface area contributed by atoms with Crippen molar-refractivity contribution in [2.24, 2.45) is 0 Å². The number of urea groups is 1. The zero-order valence-corrected chi connectivity index (χ0v) is 16.7.